The Morgan fingerprint density at radius 2 is 1.80 bits per heavy atom. The molecule has 0 radical (unpaired) electrons. The molecule has 1 aliphatic heterocycles. The van der Waals surface area contributed by atoms with Gasteiger partial charge in [0.2, 0.25) is 5.92 Å². The molecule has 1 aliphatic carbocycles. The van der Waals surface area contributed by atoms with Crippen LogP contribution in [0.5, 0.6) is 17.2 Å². The third-order valence-corrected chi connectivity index (χ3v) is 5.18. The molecule has 0 bridgehead atoms. The van der Waals surface area contributed by atoms with Crippen molar-refractivity contribution < 1.29 is 23.7 Å². The van der Waals surface area contributed by atoms with Gasteiger partial charge in [0.15, 0.2) is 0 Å². The fraction of sp³-hybridized carbons (Fsp3) is 0.300. The molecular formula is C20H18F2O3. The quantitative estimate of drug-likeness (QED) is 0.806. The lowest BCUT2D eigenvalue weighted by Gasteiger charge is -2.37. The van der Waals surface area contributed by atoms with Crippen LogP contribution in [-0.4, -0.2) is 16.1 Å². The number of hydrogen-bond acceptors (Lipinski definition) is 3. The number of phenols is 2. The molecule has 130 valence electrons. The summed E-state index contributed by atoms with van der Waals surface area (Å²) >= 11 is 0. The van der Waals surface area contributed by atoms with Crippen molar-refractivity contribution in [3.8, 4) is 17.2 Å². The number of halogens is 2. The van der Waals surface area contributed by atoms with Crippen LogP contribution in [0.1, 0.15) is 41.6 Å². The van der Waals surface area contributed by atoms with Crippen LogP contribution in [0.25, 0.3) is 6.08 Å². The Bertz CT molecular complexity index is 830. The van der Waals surface area contributed by atoms with Gasteiger partial charge in [-0.25, -0.2) is 8.78 Å². The van der Waals surface area contributed by atoms with E-state index in [-0.39, 0.29) is 24.3 Å². The summed E-state index contributed by atoms with van der Waals surface area (Å²) in [7, 11) is 0. The minimum absolute atomic E-state index is 0.0225. The van der Waals surface area contributed by atoms with Crippen LogP contribution in [0.3, 0.4) is 0 Å². The Balaban J connectivity index is 1.86. The van der Waals surface area contributed by atoms with Crippen molar-refractivity contribution in [2.24, 2.45) is 5.92 Å². The van der Waals surface area contributed by atoms with E-state index >= 15 is 0 Å². The van der Waals surface area contributed by atoms with E-state index in [2.05, 4.69) is 6.58 Å². The normalized spacial score (nSPS) is 26.4. The van der Waals surface area contributed by atoms with Crippen LogP contribution < -0.4 is 4.74 Å². The smallest absolute Gasteiger partial charge is 0.249 e. The second-order valence-electron chi connectivity index (χ2n) is 6.82. The van der Waals surface area contributed by atoms with Crippen molar-refractivity contribution in [2.45, 2.75) is 30.8 Å². The van der Waals surface area contributed by atoms with Gasteiger partial charge in [0.1, 0.15) is 23.4 Å². The molecule has 0 amide bonds. The van der Waals surface area contributed by atoms with Gasteiger partial charge in [-0.15, -0.1) is 0 Å². The highest BCUT2D eigenvalue weighted by molar-refractivity contribution is 5.63. The van der Waals surface area contributed by atoms with Crippen molar-refractivity contribution in [2.75, 3.05) is 0 Å². The summed E-state index contributed by atoms with van der Waals surface area (Å²) in [4.78, 5) is 0. The number of hydrogen-bond donors (Lipinski definition) is 2. The topological polar surface area (TPSA) is 49.7 Å². The zero-order valence-corrected chi connectivity index (χ0v) is 13.5. The van der Waals surface area contributed by atoms with Gasteiger partial charge >= 0.3 is 0 Å². The molecule has 2 aliphatic rings. The summed E-state index contributed by atoms with van der Waals surface area (Å²) in [5.74, 6) is -2.92. The molecule has 5 heteroatoms. The first-order valence-corrected chi connectivity index (χ1v) is 8.21. The molecule has 2 aromatic carbocycles. The first kappa shape index (κ1) is 15.9. The Hall–Kier alpha value is -2.56. The number of phenolic OH excluding ortho intramolecular Hbond substituents is 2. The zero-order valence-electron chi connectivity index (χ0n) is 13.5. The van der Waals surface area contributed by atoms with E-state index < -0.39 is 23.9 Å². The van der Waals surface area contributed by atoms with Crippen molar-refractivity contribution in [1.82, 2.24) is 0 Å². The van der Waals surface area contributed by atoms with Crippen molar-refractivity contribution in [1.29, 1.82) is 0 Å². The van der Waals surface area contributed by atoms with E-state index in [0.29, 0.717) is 16.9 Å². The molecule has 3 atom stereocenters. The highest BCUT2D eigenvalue weighted by atomic mass is 19.3. The van der Waals surface area contributed by atoms with Gasteiger partial charge in [-0.3, -0.25) is 0 Å². The highest BCUT2D eigenvalue weighted by Gasteiger charge is 2.53. The van der Waals surface area contributed by atoms with Gasteiger partial charge in [0.25, 0.3) is 0 Å². The third kappa shape index (κ3) is 2.64. The number of ether oxygens (including phenoxy) is 1. The first-order chi connectivity index (χ1) is 11.9. The number of fused-ring (bicyclic) bond motifs is 3. The van der Waals surface area contributed by atoms with Gasteiger partial charge < -0.3 is 14.9 Å². The lowest BCUT2D eigenvalue weighted by atomic mass is 9.79. The largest absolute Gasteiger partial charge is 0.508 e. The van der Waals surface area contributed by atoms with Crippen molar-refractivity contribution in [3.05, 3.63) is 59.7 Å². The molecule has 1 saturated carbocycles. The SMILES string of the molecule is C=Cc1cc(O)cc2c1O[C@H](c1ccc(O)cc1)[C@@H]1CC(F)(F)C[C@H]21. The fourth-order valence-electron chi connectivity index (χ4n) is 4.12. The summed E-state index contributed by atoms with van der Waals surface area (Å²) in [6.45, 7) is 3.73. The molecule has 4 rings (SSSR count). The molecule has 2 aromatic rings. The van der Waals surface area contributed by atoms with Crippen LogP contribution >= 0.6 is 0 Å². The highest BCUT2D eigenvalue weighted by Crippen LogP contribution is 2.59. The predicted molar refractivity (Wildman–Crippen MR) is 90.1 cm³/mol. The Morgan fingerprint density at radius 1 is 1.08 bits per heavy atom. The molecule has 0 unspecified atom stereocenters. The first-order valence-electron chi connectivity index (χ1n) is 8.21. The lowest BCUT2D eigenvalue weighted by Crippen LogP contribution is -2.27. The van der Waals surface area contributed by atoms with E-state index in [1.54, 1.807) is 18.2 Å². The van der Waals surface area contributed by atoms with Crippen LogP contribution in [0.2, 0.25) is 0 Å². The van der Waals surface area contributed by atoms with Crippen molar-refractivity contribution in [3.63, 3.8) is 0 Å². The average Bonchev–Trinajstić information content (AvgIpc) is 2.90. The summed E-state index contributed by atoms with van der Waals surface area (Å²) in [5.41, 5.74) is 1.96. The van der Waals surface area contributed by atoms with Gasteiger partial charge in [0, 0.05) is 35.8 Å². The number of aromatic hydroxyl groups is 2. The molecular weight excluding hydrogens is 326 g/mol. The van der Waals surface area contributed by atoms with Gasteiger partial charge in [0.05, 0.1) is 0 Å². The van der Waals surface area contributed by atoms with Gasteiger partial charge in [-0.05, 0) is 29.8 Å². The number of rotatable bonds is 2. The molecule has 1 fully saturated rings. The average molecular weight is 344 g/mol. The van der Waals surface area contributed by atoms with E-state index in [4.69, 9.17) is 4.74 Å². The Labute approximate surface area is 144 Å². The minimum Gasteiger partial charge on any atom is -0.508 e. The maximum atomic E-state index is 14.2. The van der Waals surface area contributed by atoms with Gasteiger partial charge in [-0.2, -0.15) is 0 Å². The van der Waals surface area contributed by atoms with E-state index in [1.165, 1.54) is 24.3 Å². The van der Waals surface area contributed by atoms with Crippen LogP contribution in [0, 0.1) is 5.92 Å². The van der Waals surface area contributed by atoms with Crippen LogP contribution in [0.15, 0.2) is 43.0 Å². The minimum atomic E-state index is -2.77. The standard InChI is InChI=1S/C20H18F2O3/c1-2-11-7-14(24)8-15-16-9-20(21,22)10-17(16)19(25-18(11)15)12-3-5-13(23)6-4-12/h2-8,16-17,19,23-24H,1,9-10H2/t16-,17-,19-/m1/s1. The van der Waals surface area contributed by atoms with E-state index in [0.717, 1.165) is 5.56 Å². The lowest BCUT2D eigenvalue weighted by molar-refractivity contribution is -0.00232. The molecule has 1 heterocycles. The zero-order chi connectivity index (χ0) is 17.8. The molecule has 0 aromatic heterocycles. The Kier molecular flexibility index (Phi) is 3.49. The maximum Gasteiger partial charge on any atom is 0.249 e. The molecule has 25 heavy (non-hydrogen) atoms. The molecule has 3 nitrogen and oxygen atoms in total. The summed E-state index contributed by atoms with van der Waals surface area (Å²) < 4.78 is 34.5. The van der Waals surface area contributed by atoms with Crippen LogP contribution in [-0.2, 0) is 0 Å². The molecule has 2 N–H and O–H groups in total. The van der Waals surface area contributed by atoms with E-state index in [9.17, 15) is 19.0 Å². The fourth-order valence-corrected chi connectivity index (χ4v) is 4.12. The number of benzene rings is 2. The molecule has 0 spiro atoms. The summed E-state index contributed by atoms with van der Waals surface area (Å²) in [6, 6.07) is 9.50. The summed E-state index contributed by atoms with van der Waals surface area (Å²) in [5, 5.41) is 19.4. The van der Waals surface area contributed by atoms with Crippen LogP contribution in [0.4, 0.5) is 8.78 Å². The maximum absolute atomic E-state index is 14.2. The monoisotopic (exact) mass is 344 g/mol. The van der Waals surface area contributed by atoms with Crippen molar-refractivity contribution >= 4 is 6.08 Å². The summed E-state index contributed by atoms with van der Waals surface area (Å²) in [6.07, 6.45) is 0.499. The van der Waals surface area contributed by atoms with E-state index in [1.807, 2.05) is 0 Å². The molecule has 0 saturated heterocycles. The Morgan fingerprint density at radius 3 is 2.48 bits per heavy atom. The second-order valence-corrected chi connectivity index (χ2v) is 6.82. The third-order valence-electron chi connectivity index (χ3n) is 5.18. The predicted octanol–water partition coefficient (Wildman–Crippen LogP) is 5.00. The second kappa shape index (κ2) is 5.48. The van der Waals surface area contributed by atoms with Gasteiger partial charge in [-0.1, -0.05) is 24.8 Å². The number of alkyl halides is 2.